The second-order valence-corrected chi connectivity index (χ2v) is 5.27. The van der Waals surface area contributed by atoms with Crippen molar-refractivity contribution in [3.05, 3.63) is 81.6 Å². The van der Waals surface area contributed by atoms with Crippen molar-refractivity contribution in [2.45, 2.75) is 6.42 Å². The van der Waals surface area contributed by atoms with Crippen molar-refractivity contribution in [1.29, 1.82) is 0 Å². The minimum absolute atomic E-state index is 0.0784. The Morgan fingerprint density at radius 3 is 2.50 bits per heavy atom. The van der Waals surface area contributed by atoms with Crippen molar-refractivity contribution in [2.75, 3.05) is 7.11 Å². The Bertz CT molecular complexity index is 889. The lowest BCUT2D eigenvalue weighted by molar-refractivity contribution is -0.384. The van der Waals surface area contributed by atoms with Crippen molar-refractivity contribution in [1.82, 2.24) is 0 Å². The van der Waals surface area contributed by atoms with Crippen LogP contribution in [0, 0.1) is 10.1 Å². The molecular weight excluding hydrogens is 340 g/mol. The largest absolute Gasteiger partial charge is 0.503 e. The molecule has 0 bridgehead atoms. The van der Waals surface area contributed by atoms with Gasteiger partial charge < -0.3 is 15.1 Å². The highest BCUT2D eigenvalue weighted by molar-refractivity contribution is 6.19. The molecule has 2 rings (SSSR count). The van der Waals surface area contributed by atoms with Crippen molar-refractivity contribution in [3.8, 4) is 0 Å². The fourth-order valence-corrected chi connectivity index (χ4v) is 2.47. The third-order valence-electron chi connectivity index (χ3n) is 3.61. The van der Waals surface area contributed by atoms with Gasteiger partial charge in [0, 0.05) is 29.7 Å². The summed E-state index contributed by atoms with van der Waals surface area (Å²) >= 11 is 0. The smallest absolute Gasteiger partial charge is 0.339 e. The summed E-state index contributed by atoms with van der Waals surface area (Å²) in [5, 5.41) is 33.0. The maximum absolute atomic E-state index is 11.5. The molecule has 8 heteroatoms. The van der Waals surface area contributed by atoms with E-state index in [4.69, 9.17) is 4.74 Å². The van der Waals surface area contributed by atoms with Gasteiger partial charge in [0.1, 0.15) is 5.57 Å². The van der Waals surface area contributed by atoms with Crippen LogP contribution in [0.15, 0.2) is 59.9 Å². The molecule has 134 valence electrons. The number of carboxylic acid groups (broad SMARTS) is 1. The van der Waals surface area contributed by atoms with Crippen molar-refractivity contribution < 1.29 is 24.8 Å². The van der Waals surface area contributed by atoms with E-state index < -0.39 is 10.9 Å². The molecule has 0 radical (unpaired) electrons. The van der Waals surface area contributed by atoms with Gasteiger partial charge in [-0.3, -0.25) is 10.1 Å². The molecule has 0 aliphatic carbocycles. The van der Waals surface area contributed by atoms with Gasteiger partial charge in [-0.15, -0.1) is 0 Å². The van der Waals surface area contributed by atoms with Crippen molar-refractivity contribution >= 4 is 22.9 Å². The number of hydrogen-bond acceptors (Lipinski definition) is 6. The summed E-state index contributed by atoms with van der Waals surface area (Å²) in [4.78, 5) is 21.9. The first-order valence-electron chi connectivity index (χ1n) is 7.48. The van der Waals surface area contributed by atoms with E-state index >= 15 is 0 Å². The van der Waals surface area contributed by atoms with Crippen LogP contribution in [0.1, 0.15) is 16.7 Å². The quantitative estimate of drug-likeness (QED) is 0.196. The van der Waals surface area contributed by atoms with Gasteiger partial charge >= 0.3 is 5.97 Å². The number of aliphatic carboxylic acids is 1. The van der Waals surface area contributed by atoms with Gasteiger partial charge in [-0.05, 0) is 5.56 Å². The van der Waals surface area contributed by atoms with E-state index in [0.29, 0.717) is 16.7 Å². The minimum atomic E-state index is -1.20. The molecule has 8 nitrogen and oxygen atoms in total. The SMILES string of the molecule is CO/C=C(\C(=O)O)c1ccccc1/C(Cc1cccc([N+](=O)[O-])c1)=N\O. The number of oxime groups is 1. The number of benzene rings is 2. The van der Waals surface area contributed by atoms with Crippen LogP contribution in [0.5, 0.6) is 0 Å². The third kappa shape index (κ3) is 4.23. The molecule has 0 atom stereocenters. The zero-order chi connectivity index (χ0) is 19.1. The van der Waals surface area contributed by atoms with Crippen LogP contribution in [0.25, 0.3) is 5.57 Å². The number of nitro groups is 1. The maximum atomic E-state index is 11.5. The van der Waals surface area contributed by atoms with Crippen LogP contribution in [0.3, 0.4) is 0 Å². The topological polar surface area (TPSA) is 122 Å². The summed E-state index contributed by atoms with van der Waals surface area (Å²) in [6.07, 6.45) is 1.17. The first-order chi connectivity index (χ1) is 12.5. The van der Waals surface area contributed by atoms with Gasteiger partial charge in [0.15, 0.2) is 0 Å². The van der Waals surface area contributed by atoms with E-state index in [9.17, 15) is 25.2 Å². The highest BCUT2D eigenvalue weighted by atomic mass is 16.6. The van der Waals surface area contributed by atoms with E-state index in [0.717, 1.165) is 6.26 Å². The van der Waals surface area contributed by atoms with E-state index in [1.165, 1.54) is 25.3 Å². The number of nitro benzene ring substituents is 1. The number of carbonyl (C=O) groups is 1. The zero-order valence-corrected chi connectivity index (χ0v) is 13.8. The standard InChI is InChI=1S/C18H16N2O6/c1-26-11-16(18(21)22)14-7-2-3-8-15(14)17(19-23)10-12-5-4-6-13(9-12)20(24)25/h2-9,11,23H,10H2,1H3,(H,21,22)/b16-11-,19-17-. The van der Waals surface area contributed by atoms with Crippen LogP contribution in [-0.4, -0.2) is 34.0 Å². The van der Waals surface area contributed by atoms with Gasteiger partial charge in [0.25, 0.3) is 5.69 Å². The van der Waals surface area contributed by atoms with Crippen LogP contribution in [-0.2, 0) is 16.0 Å². The summed E-state index contributed by atoms with van der Waals surface area (Å²) < 4.78 is 4.83. The number of ether oxygens (including phenoxy) is 1. The molecule has 0 spiro atoms. The molecule has 2 aromatic carbocycles. The molecule has 0 amide bonds. The van der Waals surface area contributed by atoms with E-state index in [1.54, 1.807) is 30.3 Å². The number of nitrogens with zero attached hydrogens (tertiary/aromatic N) is 2. The second kappa shape index (κ2) is 8.43. The fraction of sp³-hybridized carbons (Fsp3) is 0.111. The van der Waals surface area contributed by atoms with Gasteiger partial charge in [-0.2, -0.15) is 0 Å². The fourth-order valence-electron chi connectivity index (χ4n) is 2.47. The van der Waals surface area contributed by atoms with Crippen LogP contribution in [0.4, 0.5) is 5.69 Å². The van der Waals surface area contributed by atoms with Crippen molar-refractivity contribution in [3.63, 3.8) is 0 Å². The van der Waals surface area contributed by atoms with Crippen LogP contribution < -0.4 is 0 Å². The third-order valence-corrected chi connectivity index (χ3v) is 3.61. The summed E-state index contributed by atoms with van der Waals surface area (Å²) in [5.41, 5.74) is 1.22. The number of hydrogen-bond donors (Lipinski definition) is 2. The average Bonchev–Trinajstić information content (AvgIpc) is 2.64. The Hall–Kier alpha value is -3.68. The Labute approximate surface area is 148 Å². The van der Waals surface area contributed by atoms with E-state index in [2.05, 4.69) is 5.16 Å². The number of carboxylic acids is 1. The molecule has 26 heavy (non-hydrogen) atoms. The van der Waals surface area contributed by atoms with Gasteiger partial charge in [-0.25, -0.2) is 4.79 Å². The predicted octanol–water partition coefficient (Wildman–Crippen LogP) is 3.09. The monoisotopic (exact) mass is 356 g/mol. The molecule has 0 aromatic heterocycles. The number of rotatable bonds is 7. The lowest BCUT2D eigenvalue weighted by atomic mass is 9.94. The summed E-state index contributed by atoms with van der Waals surface area (Å²) in [6, 6.07) is 12.4. The van der Waals surface area contributed by atoms with Gasteiger partial charge in [-0.1, -0.05) is 41.6 Å². The number of non-ortho nitro benzene ring substituents is 1. The highest BCUT2D eigenvalue weighted by Gasteiger charge is 2.19. The summed E-state index contributed by atoms with van der Waals surface area (Å²) in [5.74, 6) is -1.20. The Morgan fingerprint density at radius 2 is 1.92 bits per heavy atom. The Balaban J connectivity index is 2.46. The second-order valence-electron chi connectivity index (χ2n) is 5.27. The molecule has 0 unspecified atom stereocenters. The predicted molar refractivity (Wildman–Crippen MR) is 94.2 cm³/mol. The summed E-state index contributed by atoms with van der Waals surface area (Å²) in [6.45, 7) is 0. The Kier molecular flexibility index (Phi) is 6.05. The molecule has 2 N–H and O–H groups in total. The van der Waals surface area contributed by atoms with Crippen molar-refractivity contribution in [2.24, 2.45) is 5.16 Å². The first-order valence-corrected chi connectivity index (χ1v) is 7.48. The van der Waals surface area contributed by atoms with Gasteiger partial charge in [0.2, 0.25) is 0 Å². The molecule has 0 aliphatic heterocycles. The minimum Gasteiger partial charge on any atom is -0.503 e. The molecular formula is C18H16N2O6. The normalized spacial score (nSPS) is 11.9. The molecule has 0 saturated carbocycles. The van der Waals surface area contributed by atoms with Gasteiger partial charge in [0.05, 0.1) is 24.0 Å². The molecule has 0 saturated heterocycles. The molecule has 0 aliphatic rings. The molecule has 0 heterocycles. The maximum Gasteiger partial charge on any atom is 0.339 e. The lowest BCUT2D eigenvalue weighted by Crippen LogP contribution is -2.11. The van der Waals surface area contributed by atoms with E-state index in [1.807, 2.05) is 0 Å². The zero-order valence-electron chi connectivity index (χ0n) is 13.8. The molecule has 2 aromatic rings. The van der Waals surface area contributed by atoms with E-state index in [-0.39, 0.29) is 23.4 Å². The first kappa shape index (κ1) is 18.7. The highest BCUT2D eigenvalue weighted by Crippen LogP contribution is 2.23. The number of methoxy groups -OCH3 is 1. The lowest BCUT2D eigenvalue weighted by Gasteiger charge is -2.12. The Morgan fingerprint density at radius 1 is 1.23 bits per heavy atom. The molecule has 0 fully saturated rings. The van der Waals surface area contributed by atoms with Crippen LogP contribution >= 0.6 is 0 Å². The van der Waals surface area contributed by atoms with Crippen LogP contribution in [0.2, 0.25) is 0 Å². The average molecular weight is 356 g/mol. The summed E-state index contributed by atoms with van der Waals surface area (Å²) in [7, 11) is 1.33.